The number of carbonyl (C=O) groups excluding carboxylic acids is 1. The largest absolute Gasteiger partial charge is 0.342 e. The zero-order valence-corrected chi connectivity index (χ0v) is 19.3. The van der Waals surface area contributed by atoms with Gasteiger partial charge in [-0.05, 0) is 53.9 Å². The van der Waals surface area contributed by atoms with E-state index < -0.39 is 0 Å². The minimum Gasteiger partial charge on any atom is -0.342 e. The van der Waals surface area contributed by atoms with Crippen molar-refractivity contribution in [1.29, 1.82) is 0 Å². The van der Waals surface area contributed by atoms with Gasteiger partial charge in [0.15, 0.2) is 0 Å². The lowest BCUT2D eigenvalue weighted by molar-refractivity contribution is 0.0934. The number of para-hydroxylation sites is 2. The minimum absolute atomic E-state index is 0.122. The predicted octanol–water partition coefficient (Wildman–Crippen LogP) is 6.45. The van der Waals surface area contributed by atoms with Crippen LogP contribution < -0.4 is 5.32 Å². The lowest BCUT2D eigenvalue weighted by Crippen LogP contribution is -2.32. The van der Waals surface area contributed by atoms with Gasteiger partial charge in [-0.25, -0.2) is 4.98 Å². The summed E-state index contributed by atoms with van der Waals surface area (Å²) in [4.78, 5) is 18.2. The Morgan fingerprint density at radius 3 is 2.26 bits per heavy atom. The van der Waals surface area contributed by atoms with Crippen LogP contribution in [0.4, 0.5) is 0 Å². The van der Waals surface area contributed by atoms with Gasteiger partial charge in [0.2, 0.25) is 0 Å². The number of hydrogen-bond donors (Lipinski definition) is 1. The molecule has 5 rings (SSSR count). The molecule has 0 radical (unpaired) electrons. The third-order valence-corrected chi connectivity index (χ3v) is 6.08. The van der Waals surface area contributed by atoms with Crippen LogP contribution >= 0.6 is 11.6 Å². The highest BCUT2D eigenvalue weighted by Gasteiger charge is 2.23. The number of halogens is 1. The molecule has 0 saturated carbocycles. The maximum Gasteiger partial charge on any atom is 0.251 e. The highest BCUT2D eigenvalue weighted by molar-refractivity contribution is 6.30. The first-order valence-electron chi connectivity index (χ1n) is 11.3. The summed E-state index contributed by atoms with van der Waals surface area (Å²) in [5.41, 5.74) is 4.74. The standard InChI is InChI=1S/C29H24ClN3O/c30-24-15-9-12-22(18-24)20-33-27-17-8-7-16-25(27)31-28(33)26(19-21-10-3-1-4-11-21)32-29(34)23-13-5-2-6-14-23/h1-18,26H,19-20H2,(H,32,34)/t26-/m1/s1. The molecular formula is C29H24ClN3O. The molecule has 1 N–H and O–H groups in total. The van der Waals surface area contributed by atoms with Crippen LogP contribution in [0.1, 0.15) is 33.4 Å². The molecule has 0 spiro atoms. The second-order valence-corrected chi connectivity index (χ2v) is 8.69. The normalized spacial score (nSPS) is 11.9. The van der Waals surface area contributed by atoms with E-state index in [1.807, 2.05) is 84.9 Å². The highest BCUT2D eigenvalue weighted by atomic mass is 35.5. The zero-order valence-electron chi connectivity index (χ0n) is 18.6. The molecule has 0 aliphatic rings. The SMILES string of the molecule is O=C(N[C@H](Cc1ccccc1)c1nc2ccccc2n1Cc1cccc(Cl)c1)c1ccccc1. The van der Waals surface area contributed by atoms with E-state index in [2.05, 4.69) is 34.1 Å². The number of rotatable bonds is 7. The van der Waals surface area contributed by atoms with Gasteiger partial charge >= 0.3 is 0 Å². The molecule has 168 valence electrons. The molecule has 1 aromatic heterocycles. The molecule has 4 aromatic carbocycles. The molecule has 0 fully saturated rings. The van der Waals surface area contributed by atoms with Crippen LogP contribution in [0.2, 0.25) is 5.02 Å². The summed E-state index contributed by atoms with van der Waals surface area (Å²) < 4.78 is 2.18. The van der Waals surface area contributed by atoms with Gasteiger partial charge < -0.3 is 9.88 Å². The van der Waals surface area contributed by atoms with E-state index in [9.17, 15) is 4.79 Å². The van der Waals surface area contributed by atoms with Crippen LogP contribution in [0.3, 0.4) is 0 Å². The van der Waals surface area contributed by atoms with Gasteiger partial charge in [-0.15, -0.1) is 0 Å². The molecule has 4 nitrogen and oxygen atoms in total. The number of hydrogen-bond acceptors (Lipinski definition) is 2. The summed E-state index contributed by atoms with van der Waals surface area (Å²) in [5, 5.41) is 3.94. The number of carbonyl (C=O) groups is 1. The summed E-state index contributed by atoms with van der Waals surface area (Å²) in [5.74, 6) is 0.692. The third-order valence-electron chi connectivity index (χ3n) is 5.85. The summed E-state index contributed by atoms with van der Waals surface area (Å²) in [6, 6.07) is 35.1. The predicted molar refractivity (Wildman–Crippen MR) is 137 cm³/mol. The molecule has 0 bridgehead atoms. The van der Waals surface area contributed by atoms with Gasteiger partial charge in [-0.1, -0.05) is 84.4 Å². The van der Waals surface area contributed by atoms with Gasteiger partial charge in [-0.3, -0.25) is 4.79 Å². The van der Waals surface area contributed by atoms with Crippen LogP contribution in [0.5, 0.6) is 0 Å². The molecule has 5 aromatic rings. The van der Waals surface area contributed by atoms with E-state index in [0.717, 1.165) is 28.0 Å². The van der Waals surface area contributed by atoms with Crippen molar-refractivity contribution >= 4 is 28.5 Å². The fraction of sp³-hybridized carbons (Fsp3) is 0.103. The molecular weight excluding hydrogens is 442 g/mol. The monoisotopic (exact) mass is 465 g/mol. The quantitative estimate of drug-likeness (QED) is 0.300. The van der Waals surface area contributed by atoms with E-state index >= 15 is 0 Å². The Balaban J connectivity index is 1.58. The summed E-state index contributed by atoms with van der Waals surface area (Å²) in [6.45, 7) is 0.600. The number of nitrogens with zero attached hydrogens (tertiary/aromatic N) is 2. The Kier molecular flexibility index (Phi) is 6.41. The second-order valence-electron chi connectivity index (χ2n) is 8.26. The molecule has 1 amide bonds. The highest BCUT2D eigenvalue weighted by Crippen LogP contribution is 2.26. The van der Waals surface area contributed by atoms with Crippen LogP contribution in [-0.2, 0) is 13.0 Å². The lowest BCUT2D eigenvalue weighted by atomic mass is 10.0. The number of fused-ring (bicyclic) bond motifs is 1. The van der Waals surface area contributed by atoms with Gasteiger partial charge in [0.1, 0.15) is 5.82 Å². The van der Waals surface area contributed by atoms with Gasteiger partial charge in [0.05, 0.1) is 17.1 Å². The van der Waals surface area contributed by atoms with Gasteiger partial charge in [0, 0.05) is 17.1 Å². The van der Waals surface area contributed by atoms with Crippen molar-refractivity contribution in [2.24, 2.45) is 0 Å². The van der Waals surface area contributed by atoms with Crippen LogP contribution in [0, 0.1) is 0 Å². The molecule has 0 saturated heterocycles. The van der Waals surface area contributed by atoms with Crippen molar-refractivity contribution in [3.8, 4) is 0 Å². The van der Waals surface area contributed by atoms with Crippen molar-refractivity contribution in [3.63, 3.8) is 0 Å². The molecule has 34 heavy (non-hydrogen) atoms. The second kappa shape index (κ2) is 9.94. The van der Waals surface area contributed by atoms with E-state index in [0.29, 0.717) is 23.6 Å². The van der Waals surface area contributed by atoms with Crippen LogP contribution in [0.25, 0.3) is 11.0 Å². The van der Waals surface area contributed by atoms with Crippen molar-refractivity contribution in [2.75, 3.05) is 0 Å². The third kappa shape index (κ3) is 4.87. The van der Waals surface area contributed by atoms with E-state index in [-0.39, 0.29) is 11.9 Å². The summed E-state index contributed by atoms with van der Waals surface area (Å²) in [7, 11) is 0. The molecule has 1 heterocycles. The number of benzene rings is 4. The maximum atomic E-state index is 13.2. The lowest BCUT2D eigenvalue weighted by Gasteiger charge is -2.21. The van der Waals surface area contributed by atoms with Crippen LogP contribution in [0.15, 0.2) is 109 Å². The Bertz CT molecular complexity index is 1410. The molecule has 1 atom stereocenters. The Labute approximate surface area is 203 Å². The molecule has 0 aliphatic carbocycles. The van der Waals surface area contributed by atoms with Crippen molar-refractivity contribution in [2.45, 2.75) is 19.0 Å². The summed E-state index contributed by atoms with van der Waals surface area (Å²) >= 11 is 6.27. The fourth-order valence-corrected chi connectivity index (χ4v) is 4.44. The van der Waals surface area contributed by atoms with Crippen molar-refractivity contribution in [1.82, 2.24) is 14.9 Å². The number of imidazole rings is 1. The molecule has 0 unspecified atom stereocenters. The number of nitrogens with one attached hydrogen (secondary N) is 1. The zero-order chi connectivity index (χ0) is 23.3. The van der Waals surface area contributed by atoms with Gasteiger partial charge in [0.25, 0.3) is 5.91 Å². The Morgan fingerprint density at radius 1 is 0.824 bits per heavy atom. The Morgan fingerprint density at radius 2 is 1.50 bits per heavy atom. The van der Waals surface area contributed by atoms with E-state index in [4.69, 9.17) is 16.6 Å². The first kappa shape index (κ1) is 21.9. The average molecular weight is 466 g/mol. The van der Waals surface area contributed by atoms with Crippen molar-refractivity contribution in [3.05, 3.63) is 137 Å². The maximum absolute atomic E-state index is 13.2. The van der Waals surface area contributed by atoms with Crippen molar-refractivity contribution < 1.29 is 4.79 Å². The van der Waals surface area contributed by atoms with E-state index in [1.165, 1.54) is 0 Å². The average Bonchev–Trinajstić information content (AvgIpc) is 3.23. The molecule has 0 aliphatic heterocycles. The van der Waals surface area contributed by atoms with E-state index in [1.54, 1.807) is 0 Å². The smallest absolute Gasteiger partial charge is 0.251 e. The number of aromatic nitrogens is 2. The summed E-state index contributed by atoms with van der Waals surface area (Å²) in [6.07, 6.45) is 0.623. The first-order chi connectivity index (χ1) is 16.7. The minimum atomic E-state index is -0.318. The van der Waals surface area contributed by atoms with Gasteiger partial charge in [-0.2, -0.15) is 0 Å². The van der Waals surface area contributed by atoms with Crippen LogP contribution in [-0.4, -0.2) is 15.5 Å². The molecule has 5 heteroatoms. The number of amides is 1. The Hall–Kier alpha value is -3.89. The fourth-order valence-electron chi connectivity index (χ4n) is 4.23. The first-order valence-corrected chi connectivity index (χ1v) is 11.6. The topological polar surface area (TPSA) is 46.9 Å².